The summed E-state index contributed by atoms with van der Waals surface area (Å²) in [7, 11) is 0. The second kappa shape index (κ2) is 8.62. The van der Waals surface area contributed by atoms with E-state index in [2.05, 4.69) is 25.5 Å². The summed E-state index contributed by atoms with van der Waals surface area (Å²) in [6.45, 7) is 5.47. The van der Waals surface area contributed by atoms with Crippen LogP contribution in [-0.4, -0.2) is 38.6 Å². The molecule has 1 atom stereocenters. The van der Waals surface area contributed by atoms with Gasteiger partial charge in [-0.1, -0.05) is 6.07 Å². The molecule has 34 heavy (non-hydrogen) atoms. The number of hydrogen-bond donors (Lipinski definition) is 3. The normalized spacial score (nSPS) is 15.6. The van der Waals surface area contributed by atoms with Gasteiger partial charge in [-0.25, -0.2) is 4.79 Å². The van der Waals surface area contributed by atoms with Gasteiger partial charge in [-0.2, -0.15) is 18.3 Å². The summed E-state index contributed by atoms with van der Waals surface area (Å²) in [4.78, 5) is 31.3. The number of carbonyl (C=O) groups is 2. The highest BCUT2D eigenvalue weighted by Gasteiger charge is 2.48. The second-order valence-corrected chi connectivity index (χ2v) is 8.34. The van der Waals surface area contributed by atoms with E-state index in [0.29, 0.717) is 17.0 Å². The molecule has 0 spiro atoms. The average Bonchev–Trinajstić information content (AvgIpc) is 3.25. The van der Waals surface area contributed by atoms with E-state index in [0.717, 1.165) is 30.0 Å². The Labute approximate surface area is 193 Å². The van der Waals surface area contributed by atoms with Gasteiger partial charge in [0.25, 0.3) is 5.91 Å². The van der Waals surface area contributed by atoms with Crippen LogP contribution in [0.5, 0.6) is 0 Å². The van der Waals surface area contributed by atoms with Crippen molar-refractivity contribution in [3.05, 3.63) is 70.1 Å². The molecule has 1 aliphatic carbocycles. The van der Waals surface area contributed by atoms with Crippen molar-refractivity contribution < 1.29 is 27.5 Å². The first-order valence-electron chi connectivity index (χ1n) is 10.8. The molecule has 0 aliphatic heterocycles. The van der Waals surface area contributed by atoms with Gasteiger partial charge in [0.2, 0.25) is 0 Å². The van der Waals surface area contributed by atoms with Gasteiger partial charge in [-0.15, -0.1) is 0 Å². The molecular formula is C23H24F3N5O3. The standard InChI is InChI=1S/C23H24F3N5O3/c1-4-34-21(33)17-9-16(30-31-17)13(3)29-20(32)19-12(2)15(11-28-19)22(7-8-22)14-5-6-18(27-10-14)23(24,25)26/h5-6,9-11,13,28H,4,7-8H2,1-3H3,(H,29,32)(H,30,31). The van der Waals surface area contributed by atoms with Gasteiger partial charge in [-0.3, -0.25) is 14.9 Å². The highest BCUT2D eigenvalue weighted by molar-refractivity contribution is 5.94. The minimum Gasteiger partial charge on any atom is -0.461 e. The number of H-pyrrole nitrogens is 2. The third-order valence-electron chi connectivity index (χ3n) is 6.12. The molecule has 0 radical (unpaired) electrons. The van der Waals surface area contributed by atoms with Crippen molar-refractivity contribution >= 4 is 11.9 Å². The van der Waals surface area contributed by atoms with Crippen LogP contribution >= 0.6 is 0 Å². The molecule has 1 unspecified atom stereocenters. The molecule has 1 saturated carbocycles. The van der Waals surface area contributed by atoms with E-state index in [-0.39, 0.29) is 18.2 Å². The first-order valence-corrected chi connectivity index (χ1v) is 10.8. The Bertz CT molecular complexity index is 1210. The van der Waals surface area contributed by atoms with Gasteiger partial charge >= 0.3 is 12.1 Å². The van der Waals surface area contributed by atoms with Crippen molar-refractivity contribution in [2.24, 2.45) is 0 Å². The number of esters is 1. The summed E-state index contributed by atoms with van der Waals surface area (Å²) >= 11 is 0. The predicted molar refractivity (Wildman–Crippen MR) is 115 cm³/mol. The van der Waals surface area contributed by atoms with E-state index in [1.165, 1.54) is 18.3 Å². The summed E-state index contributed by atoms with van der Waals surface area (Å²) in [6.07, 6.45) is 0.00256. The Morgan fingerprint density at radius 2 is 2.03 bits per heavy atom. The summed E-state index contributed by atoms with van der Waals surface area (Å²) in [5, 5.41) is 9.51. The number of nitrogens with one attached hydrogen (secondary N) is 3. The van der Waals surface area contributed by atoms with Gasteiger partial charge in [-0.05, 0) is 62.4 Å². The number of aromatic amines is 2. The first kappa shape index (κ1) is 23.5. The van der Waals surface area contributed by atoms with E-state index in [1.807, 2.05) is 0 Å². The Hall–Kier alpha value is -3.63. The summed E-state index contributed by atoms with van der Waals surface area (Å²) in [5.74, 6) is -0.893. The number of ether oxygens (including phenoxy) is 1. The number of rotatable bonds is 7. The fourth-order valence-corrected chi connectivity index (χ4v) is 4.13. The van der Waals surface area contributed by atoms with Crippen molar-refractivity contribution in [1.29, 1.82) is 0 Å². The number of halogens is 3. The first-order chi connectivity index (χ1) is 16.1. The fraction of sp³-hybridized carbons (Fsp3) is 0.391. The molecule has 3 aromatic rings. The maximum absolute atomic E-state index is 12.9. The zero-order valence-corrected chi connectivity index (χ0v) is 18.8. The molecule has 3 N–H and O–H groups in total. The fourth-order valence-electron chi connectivity index (χ4n) is 4.13. The lowest BCUT2D eigenvalue weighted by Gasteiger charge is -2.17. The molecule has 0 bridgehead atoms. The van der Waals surface area contributed by atoms with E-state index in [9.17, 15) is 22.8 Å². The molecule has 1 fully saturated rings. The highest BCUT2D eigenvalue weighted by atomic mass is 19.4. The summed E-state index contributed by atoms with van der Waals surface area (Å²) in [5.41, 5.74) is 1.88. The van der Waals surface area contributed by atoms with Crippen molar-refractivity contribution in [1.82, 2.24) is 25.5 Å². The van der Waals surface area contributed by atoms with E-state index in [1.54, 1.807) is 27.0 Å². The molecule has 0 aromatic carbocycles. The molecule has 1 amide bonds. The predicted octanol–water partition coefficient (Wildman–Crippen LogP) is 4.21. The minimum atomic E-state index is -4.49. The third-order valence-corrected chi connectivity index (χ3v) is 6.12. The Kier molecular flexibility index (Phi) is 5.96. The molecule has 0 saturated heterocycles. The maximum Gasteiger partial charge on any atom is 0.433 e. The smallest absolute Gasteiger partial charge is 0.433 e. The van der Waals surface area contributed by atoms with Crippen LogP contribution in [0.25, 0.3) is 0 Å². The lowest BCUT2D eigenvalue weighted by Crippen LogP contribution is -2.28. The third kappa shape index (κ3) is 4.29. The molecule has 180 valence electrons. The molecule has 3 heterocycles. The largest absolute Gasteiger partial charge is 0.461 e. The van der Waals surface area contributed by atoms with Gasteiger partial charge < -0.3 is 15.0 Å². The molecule has 3 aromatic heterocycles. The number of carbonyl (C=O) groups excluding carboxylic acids is 2. The summed E-state index contributed by atoms with van der Waals surface area (Å²) in [6, 6.07) is 3.47. The molecule has 4 rings (SSSR count). The van der Waals surface area contributed by atoms with Gasteiger partial charge in [0.05, 0.1) is 18.3 Å². The van der Waals surface area contributed by atoms with Crippen molar-refractivity contribution in [3.8, 4) is 0 Å². The number of amides is 1. The highest BCUT2D eigenvalue weighted by Crippen LogP contribution is 2.54. The van der Waals surface area contributed by atoms with Crippen LogP contribution in [-0.2, 0) is 16.3 Å². The average molecular weight is 475 g/mol. The van der Waals surface area contributed by atoms with Crippen LogP contribution < -0.4 is 5.32 Å². The Morgan fingerprint density at radius 3 is 2.62 bits per heavy atom. The maximum atomic E-state index is 12.9. The van der Waals surface area contributed by atoms with Crippen LogP contribution in [0.1, 0.15) is 81.8 Å². The minimum absolute atomic E-state index is 0.192. The molecule has 11 heteroatoms. The number of nitrogens with zero attached hydrogens (tertiary/aromatic N) is 2. The number of alkyl halides is 3. The van der Waals surface area contributed by atoms with E-state index in [4.69, 9.17) is 4.74 Å². The monoisotopic (exact) mass is 475 g/mol. The quantitative estimate of drug-likeness (QED) is 0.443. The second-order valence-electron chi connectivity index (χ2n) is 8.34. The lowest BCUT2D eigenvalue weighted by molar-refractivity contribution is -0.141. The van der Waals surface area contributed by atoms with Gasteiger partial charge in [0.15, 0.2) is 0 Å². The SMILES string of the molecule is CCOC(=O)c1cc(C(C)NC(=O)c2[nH]cc(C3(c4ccc(C(F)(F)F)nc4)CC3)c2C)n[nH]1. The van der Waals surface area contributed by atoms with Gasteiger partial charge in [0.1, 0.15) is 17.1 Å². The molecule has 1 aliphatic rings. The number of aromatic nitrogens is 4. The van der Waals surface area contributed by atoms with Crippen LogP contribution in [0.15, 0.2) is 30.6 Å². The molecule has 8 nitrogen and oxygen atoms in total. The lowest BCUT2D eigenvalue weighted by atomic mass is 9.88. The van der Waals surface area contributed by atoms with E-state index >= 15 is 0 Å². The van der Waals surface area contributed by atoms with Crippen molar-refractivity contribution in [2.75, 3.05) is 6.61 Å². The van der Waals surface area contributed by atoms with Gasteiger partial charge in [0, 0.05) is 17.8 Å². The number of hydrogen-bond acceptors (Lipinski definition) is 5. The van der Waals surface area contributed by atoms with Crippen molar-refractivity contribution in [2.45, 2.75) is 51.2 Å². The Balaban J connectivity index is 1.50. The van der Waals surface area contributed by atoms with Crippen LogP contribution in [0, 0.1) is 6.92 Å². The topological polar surface area (TPSA) is 113 Å². The summed E-state index contributed by atoms with van der Waals surface area (Å²) < 4.78 is 43.5. The van der Waals surface area contributed by atoms with Crippen LogP contribution in [0.3, 0.4) is 0 Å². The van der Waals surface area contributed by atoms with E-state index < -0.39 is 29.3 Å². The molecular weight excluding hydrogens is 451 g/mol. The Morgan fingerprint density at radius 1 is 1.29 bits per heavy atom. The van der Waals surface area contributed by atoms with Crippen LogP contribution in [0.2, 0.25) is 0 Å². The van der Waals surface area contributed by atoms with Crippen LogP contribution in [0.4, 0.5) is 13.2 Å². The van der Waals surface area contributed by atoms with Crippen molar-refractivity contribution in [3.63, 3.8) is 0 Å². The zero-order chi connectivity index (χ0) is 24.7. The zero-order valence-electron chi connectivity index (χ0n) is 18.8. The number of pyridine rings is 1.